The predicted octanol–water partition coefficient (Wildman–Crippen LogP) is 1.63. The molecule has 0 radical (unpaired) electrons. The molecule has 0 spiro atoms. The summed E-state index contributed by atoms with van der Waals surface area (Å²) >= 11 is 0. The molecule has 0 amide bonds. The van der Waals surface area contributed by atoms with Crippen LogP contribution in [-0.4, -0.2) is 13.0 Å². The normalized spacial score (nSPS) is 12.7. The van der Waals surface area contributed by atoms with Gasteiger partial charge in [-0.3, -0.25) is 0 Å². The van der Waals surface area contributed by atoms with E-state index < -0.39 is 11.8 Å². The molecule has 0 aliphatic rings. The molecule has 0 atom stereocenters. The zero-order valence-corrected chi connectivity index (χ0v) is 5.82. The van der Waals surface area contributed by atoms with Crippen LogP contribution in [0.1, 0.15) is 20.3 Å². The second-order valence-electron chi connectivity index (χ2n) is 2.96. The van der Waals surface area contributed by atoms with Crippen molar-refractivity contribution in [3.8, 4) is 0 Å². The highest BCUT2D eigenvalue weighted by molar-refractivity contribution is 4.69. The Morgan fingerprint density at radius 2 is 1.89 bits per heavy atom. The lowest BCUT2D eigenvalue weighted by Gasteiger charge is -2.20. The van der Waals surface area contributed by atoms with Crippen LogP contribution >= 0.6 is 0 Å². The Morgan fingerprint density at radius 1 is 1.44 bits per heavy atom. The van der Waals surface area contributed by atoms with E-state index in [9.17, 15) is 8.78 Å². The van der Waals surface area contributed by atoms with E-state index >= 15 is 0 Å². The molecule has 9 heavy (non-hydrogen) atoms. The van der Waals surface area contributed by atoms with Gasteiger partial charge < -0.3 is 5.73 Å². The molecule has 0 aliphatic carbocycles. The maximum absolute atomic E-state index is 11.7. The Balaban J connectivity index is 3.58. The van der Waals surface area contributed by atoms with E-state index in [1.54, 1.807) is 13.8 Å². The van der Waals surface area contributed by atoms with Crippen LogP contribution in [0, 0.1) is 5.41 Å². The summed E-state index contributed by atoms with van der Waals surface area (Å²) in [5.41, 5.74) is 4.81. The number of hydrogen-bond donors (Lipinski definition) is 1. The molecule has 0 rings (SSSR count). The van der Waals surface area contributed by atoms with Crippen LogP contribution in [0.5, 0.6) is 0 Å². The van der Waals surface area contributed by atoms with Gasteiger partial charge in [0.25, 0.3) is 0 Å². The third kappa shape index (κ3) is 4.33. The third-order valence-corrected chi connectivity index (χ3v) is 1.26. The van der Waals surface area contributed by atoms with Gasteiger partial charge in [-0.15, -0.1) is 0 Å². The van der Waals surface area contributed by atoms with Crippen molar-refractivity contribution in [1.82, 2.24) is 0 Å². The third-order valence-electron chi connectivity index (χ3n) is 1.26. The van der Waals surface area contributed by atoms with Gasteiger partial charge in [0, 0.05) is 6.42 Å². The van der Waals surface area contributed by atoms with Crippen molar-refractivity contribution in [1.29, 1.82) is 0 Å². The zero-order valence-electron chi connectivity index (χ0n) is 5.82. The van der Waals surface area contributed by atoms with Crippen molar-refractivity contribution in [2.45, 2.75) is 26.7 Å². The fourth-order valence-corrected chi connectivity index (χ4v) is 0.501. The SMILES string of the molecule is CC(C)(CN)CC(F)F. The first kappa shape index (κ1) is 8.82. The fraction of sp³-hybridized carbons (Fsp3) is 1.00. The standard InChI is InChI=1S/C6H13F2N/c1-6(2,4-9)3-5(7)8/h5H,3-4,9H2,1-2H3. The highest BCUT2D eigenvalue weighted by Gasteiger charge is 2.20. The van der Waals surface area contributed by atoms with Gasteiger partial charge in [-0.2, -0.15) is 0 Å². The smallest absolute Gasteiger partial charge is 0.239 e. The summed E-state index contributed by atoms with van der Waals surface area (Å²) in [7, 11) is 0. The second-order valence-corrected chi connectivity index (χ2v) is 2.96. The molecular weight excluding hydrogens is 124 g/mol. The molecule has 3 heteroatoms. The highest BCUT2D eigenvalue weighted by atomic mass is 19.3. The average Bonchev–Trinajstić information content (AvgIpc) is 1.63. The Kier molecular flexibility index (Phi) is 3.04. The Morgan fingerprint density at radius 3 is 2.00 bits per heavy atom. The number of halogens is 2. The van der Waals surface area contributed by atoms with E-state index in [4.69, 9.17) is 5.73 Å². The summed E-state index contributed by atoms with van der Waals surface area (Å²) in [5.74, 6) is 0. The van der Waals surface area contributed by atoms with Crippen LogP contribution in [0.25, 0.3) is 0 Å². The van der Waals surface area contributed by atoms with E-state index in [1.165, 1.54) is 0 Å². The summed E-state index contributed by atoms with van der Waals surface area (Å²) < 4.78 is 23.3. The van der Waals surface area contributed by atoms with Crippen LogP contribution in [0.15, 0.2) is 0 Å². The molecule has 0 aliphatic heterocycles. The van der Waals surface area contributed by atoms with Gasteiger partial charge in [0.2, 0.25) is 6.43 Å². The van der Waals surface area contributed by atoms with E-state index in [2.05, 4.69) is 0 Å². The second kappa shape index (κ2) is 3.11. The van der Waals surface area contributed by atoms with Crippen LogP contribution in [0.3, 0.4) is 0 Å². The fourth-order valence-electron chi connectivity index (χ4n) is 0.501. The zero-order chi connectivity index (χ0) is 7.49. The number of rotatable bonds is 3. The molecule has 1 nitrogen and oxygen atoms in total. The first-order valence-corrected chi connectivity index (χ1v) is 2.96. The largest absolute Gasteiger partial charge is 0.330 e. The molecule has 0 bridgehead atoms. The van der Waals surface area contributed by atoms with Crippen molar-refractivity contribution in [3.05, 3.63) is 0 Å². The van der Waals surface area contributed by atoms with Crippen molar-refractivity contribution in [2.24, 2.45) is 11.1 Å². The van der Waals surface area contributed by atoms with Gasteiger partial charge >= 0.3 is 0 Å². The quantitative estimate of drug-likeness (QED) is 0.628. The average molecular weight is 137 g/mol. The van der Waals surface area contributed by atoms with E-state index in [0.717, 1.165) is 0 Å². The van der Waals surface area contributed by atoms with Crippen LogP contribution in [0.4, 0.5) is 8.78 Å². The van der Waals surface area contributed by atoms with Crippen LogP contribution in [0.2, 0.25) is 0 Å². The lowest BCUT2D eigenvalue weighted by atomic mass is 9.90. The maximum Gasteiger partial charge on any atom is 0.239 e. The van der Waals surface area contributed by atoms with Crippen molar-refractivity contribution < 1.29 is 8.78 Å². The molecule has 0 saturated heterocycles. The number of nitrogens with two attached hydrogens (primary N) is 1. The van der Waals surface area contributed by atoms with Gasteiger partial charge in [-0.1, -0.05) is 13.8 Å². The molecule has 0 saturated carbocycles. The lowest BCUT2D eigenvalue weighted by Crippen LogP contribution is -2.25. The molecule has 56 valence electrons. The molecule has 0 aromatic rings. The number of alkyl halides is 2. The van der Waals surface area contributed by atoms with Crippen LogP contribution in [-0.2, 0) is 0 Å². The molecule has 2 N–H and O–H groups in total. The molecule has 0 fully saturated rings. The molecular formula is C6H13F2N. The van der Waals surface area contributed by atoms with E-state index in [-0.39, 0.29) is 6.42 Å². The first-order chi connectivity index (χ1) is 3.98. The highest BCUT2D eigenvalue weighted by Crippen LogP contribution is 2.22. The summed E-state index contributed by atoms with van der Waals surface area (Å²) in [4.78, 5) is 0. The molecule has 0 aromatic carbocycles. The maximum atomic E-state index is 11.7. The van der Waals surface area contributed by atoms with Crippen molar-refractivity contribution in [2.75, 3.05) is 6.54 Å². The summed E-state index contributed by atoms with van der Waals surface area (Å²) in [6, 6.07) is 0. The summed E-state index contributed by atoms with van der Waals surface area (Å²) in [6.45, 7) is 3.79. The Bertz CT molecular complexity index is 81.1. The summed E-state index contributed by atoms with van der Waals surface area (Å²) in [5, 5.41) is 0. The predicted molar refractivity (Wildman–Crippen MR) is 33.5 cm³/mol. The lowest BCUT2D eigenvalue weighted by molar-refractivity contribution is 0.0905. The van der Waals surface area contributed by atoms with Crippen LogP contribution < -0.4 is 5.73 Å². The van der Waals surface area contributed by atoms with Gasteiger partial charge in [0.15, 0.2) is 0 Å². The van der Waals surface area contributed by atoms with E-state index in [1.807, 2.05) is 0 Å². The van der Waals surface area contributed by atoms with Gasteiger partial charge in [-0.05, 0) is 12.0 Å². The minimum Gasteiger partial charge on any atom is -0.330 e. The Labute approximate surface area is 54.2 Å². The Hall–Kier alpha value is -0.180. The van der Waals surface area contributed by atoms with Gasteiger partial charge in [-0.25, -0.2) is 8.78 Å². The van der Waals surface area contributed by atoms with E-state index in [0.29, 0.717) is 6.54 Å². The minimum atomic E-state index is -2.23. The summed E-state index contributed by atoms with van der Waals surface area (Å²) in [6.07, 6.45) is -2.34. The molecule has 0 heterocycles. The topological polar surface area (TPSA) is 26.0 Å². The van der Waals surface area contributed by atoms with Gasteiger partial charge in [0.05, 0.1) is 0 Å². The van der Waals surface area contributed by atoms with Gasteiger partial charge in [0.1, 0.15) is 0 Å². The van der Waals surface area contributed by atoms with Crippen molar-refractivity contribution in [3.63, 3.8) is 0 Å². The minimum absolute atomic E-state index is 0.108. The molecule has 0 aromatic heterocycles. The van der Waals surface area contributed by atoms with Crippen molar-refractivity contribution >= 4 is 0 Å². The molecule has 0 unspecified atom stereocenters. The number of hydrogen-bond acceptors (Lipinski definition) is 1. The monoisotopic (exact) mass is 137 g/mol. The first-order valence-electron chi connectivity index (χ1n) is 2.96.